The Kier molecular flexibility index (Phi) is 7.41. The van der Waals surface area contributed by atoms with E-state index in [1.165, 1.54) is 12.1 Å². The minimum Gasteiger partial charge on any atom is -0.378 e. The number of likely N-dealkylation sites (N-methyl/N-ethyl adjacent to an activating group) is 1. The summed E-state index contributed by atoms with van der Waals surface area (Å²) in [6.07, 6.45) is 0. The van der Waals surface area contributed by atoms with Crippen molar-refractivity contribution < 1.29 is 9.66 Å². The van der Waals surface area contributed by atoms with E-state index in [0.717, 1.165) is 6.54 Å². The molecule has 0 bridgehead atoms. The Balaban J connectivity index is 2.48. The van der Waals surface area contributed by atoms with Crippen molar-refractivity contribution in [2.75, 3.05) is 57.6 Å². The number of nitrogens with one attached hydrogen (secondary N) is 2. The van der Waals surface area contributed by atoms with Crippen LogP contribution < -0.4 is 10.6 Å². The highest BCUT2D eigenvalue weighted by Gasteiger charge is 2.10. The summed E-state index contributed by atoms with van der Waals surface area (Å²) in [5.41, 5.74) is 0.0111. The number of nitro groups is 1. The normalized spacial score (nSPS) is 10.7. The molecule has 8 nitrogen and oxygen atoms in total. The molecule has 0 fully saturated rings. The second-order valence-electron chi connectivity index (χ2n) is 4.73. The number of ether oxygens (including phenoxy) is 1. The molecule has 0 amide bonds. The summed E-state index contributed by atoms with van der Waals surface area (Å²) in [5.74, 6) is 0.957. The van der Waals surface area contributed by atoms with Crippen LogP contribution in [0.25, 0.3) is 0 Å². The van der Waals surface area contributed by atoms with E-state index in [2.05, 4.69) is 15.6 Å². The molecule has 0 aliphatic heterocycles. The molecule has 0 radical (unpaired) electrons. The number of hydrogen-bond acceptors (Lipinski definition) is 7. The lowest BCUT2D eigenvalue weighted by Crippen LogP contribution is -2.20. The molecule has 2 N–H and O–H groups in total. The van der Waals surface area contributed by atoms with Gasteiger partial charge in [-0.05, 0) is 21.0 Å². The number of anilines is 2. The van der Waals surface area contributed by atoms with Crippen LogP contribution in [-0.4, -0.2) is 61.8 Å². The van der Waals surface area contributed by atoms with Crippen LogP contribution in [-0.2, 0) is 4.74 Å². The average Bonchev–Trinajstić information content (AvgIpc) is 2.42. The third-order valence-corrected chi connectivity index (χ3v) is 2.61. The Morgan fingerprint density at radius 1 is 1.29 bits per heavy atom. The van der Waals surface area contributed by atoms with E-state index in [0.29, 0.717) is 37.9 Å². The van der Waals surface area contributed by atoms with E-state index >= 15 is 0 Å². The molecule has 0 unspecified atom stereocenters. The topological polar surface area (TPSA) is 92.6 Å². The first-order chi connectivity index (χ1) is 10.0. The molecule has 0 saturated carbocycles. The molecule has 0 atom stereocenters. The fourth-order valence-electron chi connectivity index (χ4n) is 1.58. The lowest BCUT2D eigenvalue weighted by atomic mass is 10.3. The van der Waals surface area contributed by atoms with Crippen LogP contribution in [0.15, 0.2) is 12.1 Å². The largest absolute Gasteiger partial charge is 0.378 e. The Morgan fingerprint density at radius 2 is 1.95 bits per heavy atom. The van der Waals surface area contributed by atoms with Crippen LogP contribution in [0.1, 0.15) is 6.92 Å². The SMILES string of the molecule is CCNc1cc([N+](=O)[O-])cc(NCCOCCN(C)C)n1. The molecular weight excluding hydrogens is 274 g/mol. The lowest BCUT2D eigenvalue weighted by Gasteiger charge is -2.11. The van der Waals surface area contributed by atoms with E-state index < -0.39 is 4.92 Å². The summed E-state index contributed by atoms with van der Waals surface area (Å²) in [4.78, 5) is 16.8. The maximum absolute atomic E-state index is 10.9. The molecule has 1 rings (SSSR count). The highest BCUT2D eigenvalue weighted by Crippen LogP contribution is 2.20. The monoisotopic (exact) mass is 297 g/mol. The summed E-state index contributed by atoms with van der Waals surface area (Å²) in [6, 6.07) is 2.84. The molecular formula is C13H23N5O3. The van der Waals surface area contributed by atoms with Gasteiger partial charge in [0.15, 0.2) is 0 Å². The number of nitrogens with zero attached hydrogens (tertiary/aromatic N) is 3. The van der Waals surface area contributed by atoms with Crippen molar-refractivity contribution in [1.82, 2.24) is 9.88 Å². The lowest BCUT2D eigenvalue weighted by molar-refractivity contribution is -0.384. The van der Waals surface area contributed by atoms with Crippen molar-refractivity contribution in [2.24, 2.45) is 0 Å². The zero-order valence-electron chi connectivity index (χ0n) is 12.8. The third kappa shape index (κ3) is 6.87. The zero-order valence-corrected chi connectivity index (χ0v) is 12.8. The van der Waals surface area contributed by atoms with Gasteiger partial charge < -0.3 is 20.3 Å². The van der Waals surface area contributed by atoms with Gasteiger partial charge in [-0.25, -0.2) is 4.98 Å². The fourth-order valence-corrected chi connectivity index (χ4v) is 1.58. The molecule has 8 heteroatoms. The van der Waals surface area contributed by atoms with Gasteiger partial charge in [0.25, 0.3) is 5.69 Å². The maximum atomic E-state index is 10.9. The van der Waals surface area contributed by atoms with Crippen LogP contribution in [0, 0.1) is 10.1 Å². The third-order valence-electron chi connectivity index (χ3n) is 2.61. The van der Waals surface area contributed by atoms with Gasteiger partial charge in [-0.3, -0.25) is 10.1 Å². The van der Waals surface area contributed by atoms with Crippen LogP contribution in [0.3, 0.4) is 0 Å². The molecule has 1 aromatic heterocycles. The van der Waals surface area contributed by atoms with Crippen molar-refractivity contribution in [3.63, 3.8) is 0 Å². The predicted octanol–water partition coefficient (Wildman–Crippen LogP) is 1.41. The van der Waals surface area contributed by atoms with Crippen LogP contribution in [0.2, 0.25) is 0 Å². The first-order valence-corrected chi connectivity index (χ1v) is 6.89. The fraction of sp³-hybridized carbons (Fsp3) is 0.615. The number of aromatic nitrogens is 1. The molecule has 21 heavy (non-hydrogen) atoms. The first kappa shape index (κ1) is 17.1. The minimum absolute atomic E-state index is 0.0111. The maximum Gasteiger partial charge on any atom is 0.276 e. The Morgan fingerprint density at radius 3 is 2.52 bits per heavy atom. The highest BCUT2D eigenvalue weighted by molar-refractivity contribution is 5.54. The zero-order chi connectivity index (χ0) is 15.7. The minimum atomic E-state index is -0.429. The summed E-state index contributed by atoms with van der Waals surface area (Å²) in [5, 5.41) is 16.9. The average molecular weight is 297 g/mol. The standard InChI is InChI=1S/C13H23N5O3/c1-4-14-12-9-11(18(19)20)10-13(16-12)15-5-7-21-8-6-17(2)3/h9-10H,4-8H2,1-3H3,(H2,14,15,16). The van der Waals surface area contributed by atoms with Crippen LogP contribution in [0.4, 0.5) is 17.3 Å². The van der Waals surface area contributed by atoms with Gasteiger partial charge in [0.1, 0.15) is 11.6 Å². The molecule has 1 aromatic rings. The summed E-state index contributed by atoms with van der Waals surface area (Å²) >= 11 is 0. The molecule has 0 aromatic carbocycles. The molecule has 0 aliphatic carbocycles. The van der Waals surface area contributed by atoms with Crippen LogP contribution >= 0.6 is 0 Å². The molecule has 118 valence electrons. The van der Waals surface area contributed by atoms with Crippen molar-refractivity contribution in [3.05, 3.63) is 22.2 Å². The quantitative estimate of drug-likeness (QED) is 0.383. The Bertz CT molecular complexity index is 453. The molecule has 0 saturated heterocycles. The summed E-state index contributed by atoms with van der Waals surface area (Å²) in [6.45, 7) is 5.15. The Labute approximate surface area is 124 Å². The van der Waals surface area contributed by atoms with E-state index in [9.17, 15) is 10.1 Å². The van der Waals surface area contributed by atoms with Crippen LogP contribution in [0.5, 0.6) is 0 Å². The van der Waals surface area contributed by atoms with E-state index in [-0.39, 0.29) is 5.69 Å². The smallest absolute Gasteiger partial charge is 0.276 e. The second kappa shape index (κ2) is 9.09. The van der Waals surface area contributed by atoms with Gasteiger partial charge in [-0.2, -0.15) is 0 Å². The van der Waals surface area contributed by atoms with Gasteiger partial charge >= 0.3 is 0 Å². The molecule has 1 heterocycles. The molecule has 0 aliphatic rings. The van der Waals surface area contributed by atoms with Gasteiger partial charge in [0.05, 0.1) is 30.3 Å². The van der Waals surface area contributed by atoms with E-state index in [4.69, 9.17) is 4.74 Å². The second-order valence-corrected chi connectivity index (χ2v) is 4.73. The number of rotatable bonds is 10. The van der Waals surface area contributed by atoms with Gasteiger partial charge in [-0.1, -0.05) is 0 Å². The summed E-state index contributed by atoms with van der Waals surface area (Å²) < 4.78 is 5.44. The van der Waals surface area contributed by atoms with Gasteiger partial charge in [0, 0.05) is 19.6 Å². The van der Waals surface area contributed by atoms with Gasteiger partial charge in [0.2, 0.25) is 0 Å². The first-order valence-electron chi connectivity index (χ1n) is 6.89. The summed E-state index contributed by atoms with van der Waals surface area (Å²) in [7, 11) is 3.97. The predicted molar refractivity (Wildman–Crippen MR) is 82.9 cm³/mol. The number of pyridine rings is 1. The van der Waals surface area contributed by atoms with Crippen molar-refractivity contribution in [2.45, 2.75) is 6.92 Å². The molecule has 0 spiro atoms. The Hall–Kier alpha value is -1.93. The van der Waals surface area contributed by atoms with Gasteiger partial charge in [-0.15, -0.1) is 0 Å². The highest BCUT2D eigenvalue weighted by atomic mass is 16.6. The van der Waals surface area contributed by atoms with E-state index in [1.54, 1.807) is 0 Å². The number of hydrogen-bond donors (Lipinski definition) is 2. The van der Waals surface area contributed by atoms with Crippen molar-refractivity contribution in [1.29, 1.82) is 0 Å². The van der Waals surface area contributed by atoms with Crippen molar-refractivity contribution in [3.8, 4) is 0 Å². The van der Waals surface area contributed by atoms with E-state index in [1.807, 2.05) is 25.9 Å². The van der Waals surface area contributed by atoms with Crippen molar-refractivity contribution >= 4 is 17.3 Å².